The smallest absolute Gasteiger partial charge is 0.0681 e. The SMILES string of the molecule is CC1(O)C2CC3C4CC5CC3C1C(C5)C4C2. The van der Waals surface area contributed by atoms with Gasteiger partial charge in [0.25, 0.3) is 0 Å². The van der Waals surface area contributed by atoms with E-state index in [-0.39, 0.29) is 5.60 Å². The van der Waals surface area contributed by atoms with Crippen LogP contribution in [0.1, 0.15) is 39.0 Å². The van der Waals surface area contributed by atoms with Crippen LogP contribution in [0.4, 0.5) is 0 Å². The average molecular weight is 218 g/mol. The van der Waals surface area contributed by atoms with Crippen LogP contribution in [0.15, 0.2) is 0 Å². The molecule has 5 unspecified atom stereocenters. The molecule has 7 fully saturated rings. The highest BCUT2D eigenvalue weighted by molar-refractivity contribution is 5.18. The van der Waals surface area contributed by atoms with Gasteiger partial charge in [-0.05, 0) is 86.4 Å². The van der Waals surface area contributed by atoms with Crippen LogP contribution in [-0.2, 0) is 0 Å². The minimum absolute atomic E-state index is 0.296. The summed E-state index contributed by atoms with van der Waals surface area (Å²) >= 11 is 0. The van der Waals surface area contributed by atoms with Gasteiger partial charge in [0.15, 0.2) is 0 Å². The van der Waals surface area contributed by atoms with Crippen molar-refractivity contribution in [1.82, 2.24) is 0 Å². The van der Waals surface area contributed by atoms with Crippen LogP contribution >= 0.6 is 0 Å². The molecule has 16 heavy (non-hydrogen) atoms. The van der Waals surface area contributed by atoms with E-state index in [0.717, 1.165) is 35.5 Å². The molecule has 0 spiro atoms. The summed E-state index contributed by atoms with van der Waals surface area (Å²) in [6.07, 6.45) is 7.24. The molecule has 1 heteroatoms. The van der Waals surface area contributed by atoms with Crippen LogP contribution in [0.3, 0.4) is 0 Å². The van der Waals surface area contributed by atoms with Crippen LogP contribution in [-0.4, -0.2) is 10.7 Å². The van der Waals surface area contributed by atoms with Crippen LogP contribution in [0.5, 0.6) is 0 Å². The first-order chi connectivity index (χ1) is 7.66. The Kier molecular flexibility index (Phi) is 1.34. The van der Waals surface area contributed by atoms with Crippen molar-refractivity contribution in [3.63, 3.8) is 0 Å². The van der Waals surface area contributed by atoms with Gasteiger partial charge < -0.3 is 5.11 Å². The Labute approximate surface area is 97.6 Å². The third-order valence-electron chi connectivity index (χ3n) is 7.55. The molecule has 7 rings (SSSR count). The van der Waals surface area contributed by atoms with Gasteiger partial charge in [-0.3, -0.25) is 0 Å². The third-order valence-corrected chi connectivity index (χ3v) is 7.55. The van der Waals surface area contributed by atoms with E-state index in [1.165, 1.54) is 25.7 Å². The number of hydrogen-bond acceptors (Lipinski definition) is 1. The van der Waals surface area contributed by atoms with Gasteiger partial charge in [0.05, 0.1) is 5.60 Å². The molecule has 7 aliphatic rings. The number of hydrogen-bond donors (Lipinski definition) is 1. The van der Waals surface area contributed by atoms with E-state index >= 15 is 0 Å². The lowest BCUT2D eigenvalue weighted by atomic mass is 9.33. The first-order valence-electron chi connectivity index (χ1n) is 7.38. The fourth-order valence-corrected chi connectivity index (χ4v) is 7.31. The molecule has 0 aromatic carbocycles. The Morgan fingerprint density at radius 2 is 1.31 bits per heavy atom. The maximum atomic E-state index is 10.9. The van der Waals surface area contributed by atoms with Crippen LogP contribution < -0.4 is 0 Å². The highest BCUT2D eigenvalue weighted by Crippen LogP contribution is 2.73. The van der Waals surface area contributed by atoms with E-state index in [9.17, 15) is 5.11 Å². The van der Waals surface area contributed by atoms with Gasteiger partial charge in [-0.15, -0.1) is 0 Å². The standard InChI is InChI=1S/C15H22O/c1-15(16)8-5-10-9-2-7-3-12(10)14(15)13(4-7)11(9)6-8/h7-14,16H,2-6H2,1H3. The Hall–Kier alpha value is -0.0400. The van der Waals surface area contributed by atoms with E-state index in [0.29, 0.717) is 11.8 Å². The minimum atomic E-state index is -0.296. The van der Waals surface area contributed by atoms with Gasteiger partial charge in [0.2, 0.25) is 0 Å². The largest absolute Gasteiger partial charge is 0.390 e. The van der Waals surface area contributed by atoms with E-state index in [1.54, 1.807) is 6.42 Å². The molecule has 7 aliphatic carbocycles. The molecule has 1 N–H and O–H groups in total. The van der Waals surface area contributed by atoms with Crippen LogP contribution in [0.2, 0.25) is 0 Å². The molecule has 0 aromatic rings. The van der Waals surface area contributed by atoms with Crippen LogP contribution in [0.25, 0.3) is 0 Å². The molecule has 1 nitrogen and oxygen atoms in total. The van der Waals surface area contributed by atoms with Crippen molar-refractivity contribution in [3.05, 3.63) is 0 Å². The molecule has 8 bridgehead atoms. The Morgan fingerprint density at radius 1 is 0.812 bits per heavy atom. The van der Waals surface area contributed by atoms with Gasteiger partial charge in [-0.2, -0.15) is 0 Å². The maximum absolute atomic E-state index is 10.9. The topological polar surface area (TPSA) is 20.2 Å². The fourth-order valence-electron chi connectivity index (χ4n) is 7.31. The average Bonchev–Trinajstić information content (AvgIpc) is 2.25. The van der Waals surface area contributed by atoms with Gasteiger partial charge in [-0.1, -0.05) is 0 Å². The fraction of sp³-hybridized carbons (Fsp3) is 1.00. The molecule has 0 aromatic heterocycles. The molecular formula is C15H22O. The molecule has 0 saturated heterocycles. The molecule has 88 valence electrons. The Morgan fingerprint density at radius 3 is 1.94 bits per heavy atom. The van der Waals surface area contributed by atoms with Crippen molar-refractivity contribution in [2.24, 2.45) is 47.3 Å². The first kappa shape index (κ1) is 8.97. The van der Waals surface area contributed by atoms with Crippen molar-refractivity contribution in [2.75, 3.05) is 0 Å². The summed E-state index contributed by atoms with van der Waals surface area (Å²) in [5.74, 6) is 7.40. The molecule has 0 aliphatic heterocycles. The second-order valence-electron chi connectivity index (χ2n) is 7.81. The normalized spacial score (nSPS) is 73.9. The van der Waals surface area contributed by atoms with Crippen molar-refractivity contribution in [2.45, 2.75) is 44.6 Å². The molecule has 5 atom stereocenters. The molecule has 7 saturated carbocycles. The lowest BCUT2D eigenvalue weighted by Crippen LogP contribution is -2.70. The number of rotatable bonds is 0. The van der Waals surface area contributed by atoms with Crippen molar-refractivity contribution < 1.29 is 5.11 Å². The van der Waals surface area contributed by atoms with Gasteiger partial charge >= 0.3 is 0 Å². The molecule has 0 radical (unpaired) electrons. The molecule has 0 amide bonds. The summed E-state index contributed by atoms with van der Waals surface area (Å²) in [6, 6.07) is 0. The first-order valence-corrected chi connectivity index (χ1v) is 7.38. The zero-order valence-corrected chi connectivity index (χ0v) is 10.1. The van der Waals surface area contributed by atoms with Crippen molar-refractivity contribution >= 4 is 0 Å². The van der Waals surface area contributed by atoms with Gasteiger partial charge in [-0.25, -0.2) is 0 Å². The van der Waals surface area contributed by atoms with E-state index in [2.05, 4.69) is 6.92 Å². The zero-order valence-electron chi connectivity index (χ0n) is 10.1. The predicted octanol–water partition coefficient (Wildman–Crippen LogP) is 2.69. The summed E-state index contributed by atoms with van der Waals surface area (Å²) in [6.45, 7) is 2.18. The molecular weight excluding hydrogens is 196 g/mol. The second-order valence-corrected chi connectivity index (χ2v) is 7.81. The van der Waals surface area contributed by atoms with Gasteiger partial charge in [0, 0.05) is 0 Å². The quantitative estimate of drug-likeness (QED) is 0.663. The zero-order chi connectivity index (χ0) is 10.7. The summed E-state index contributed by atoms with van der Waals surface area (Å²) in [7, 11) is 0. The van der Waals surface area contributed by atoms with Gasteiger partial charge in [0.1, 0.15) is 0 Å². The predicted molar refractivity (Wildman–Crippen MR) is 61.6 cm³/mol. The summed E-state index contributed by atoms with van der Waals surface area (Å²) in [4.78, 5) is 0. The Balaban J connectivity index is 1.71. The highest BCUT2D eigenvalue weighted by Gasteiger charge is 2.69. The number of aliphatic hydroxyl groups is 1. The summed E-state index contributed by atoms with van der Waals surface area (Å²) < 4.78 is 0. The summed E-state index contributed by atoms with van der Waals surface area (Å²) in [5, 5.41) is 10.9. The highest BCUT2D eigenvalue weighted by atomic mass is 16.3. The van der Waals surface area contributed by atoms with Crippen LogP contribution in [0, 0.1) is 47.3 Å². The minimum Gasteiger partial charge on any atom is -0.390 e. The van der Waals surface area contributed by atoms with Crippen molar-refractivity contribution in [1.29, 1.82) is 0 Å². The maximum Gasteiger partial charge on any atom is 0.0681 e. The van der Waals surface area contributed by atoms with Crippen molar-refractivity contribution in [3.8, 4) is 0 Å². The Bertz CT molecular complexity index is 336. The lowest BCUT2D eigenvalue weighted by molar-refractivity contribution is -0.283. The second kappa shape index (κ2) is 2.39. The molecule has 0 heterocycles. The van der Waals surface area contributed by atoms with E-state index < -0.39 is 0 Å². The summed E-state index contributed by atoms with van der Waals surface area (Å²) in [5.41, 5.74) is -0.296. The van der Waals surface area contributed by atoms with E-state index in [4.69, 9.17) is 0 Å². The third kappa shape index (κ3) is 0.749. The lowest BCUT2D eigenvalue weighted by Gasteiger charge is -2.73. The monoisotopic (exact) mass is 218 g/mol. The van der Waals surface area contributed by atoms with E-state index in [1.807, 2.05) is 0 Å².